The Balaban J connectivity index is 1.54. The van der Waals surface area contributed by atoms with Gasteiger partial charge in [-0.1, -0.05) is 0 Å². The van der Waals surface area contributed by atoms with Crippen LogP contribution in [-0.2, 0) is 16.1 Å². The number of aromatic nitrogens is 2. The van der Waals surface area contributed by atoms with Crippen LogP contribution in [0.5, 0.6) is 0 Å². The third kappa shape index (κ3) is 4.13. The van der Waals surface area contributed by atoms with E-state index < -0.39 is 6.04 Å². The van der Waals surface area contributed by atoms with Crippen molar-refractivity contribution in [3.05, 3.63) is 34.9 Å². The highest BCUT2D eigenvalue weighted by Gasteiger charge is 2.26. The van der Waals surface area contributed by atoms with Crippen LogP contribution in [0.25, 0.3) is 11.3 Å². The molecule has 3 rings (SSSR count). The molecule has 1 aliphatic heterocycles. The summed E-state index contributed by atoms with van der Waals surface area (Å²) in [7, 11) is 0. The second-order valence-corrected chi connectivity index (χ2v) is 6.50. The smallest absolute Gasteiger partial charge is 0.237 e. The van der Waals surface area contributed by atoms with Crippen LogP contribution in [-0.4, -0.2) is 35.1 Å². The topological polar surface area (TPSA) is 90.1 Å². The van der Waals surface area contributed by atoms with Crippen LogP contribution in [0.2, 0.25) is 0 Å². The number of hydrogen-bond donors (Lipinski definition) is 2. The number of rotatable bonds is 5. The average molecular weight is 332 g/mol. The van der Waals surface area contributed by atoms with Gasteiger partial charge in [-0.05, 0) is 30.9 Å². The summed E-state index contributed by atoms with van der Waals surface area (Å²) in [5.41, 5.74) is 7.98. The van der Waals surface area contributed by atoms with E-state index in [-0.39, 0.29) is 11.8 Å². The van der Waals surface area contributed by atoms with Gasteiger partial charge in [0.2, 0.25) is 5.91 Å². The molecule has 1 aliphatic rings. The van der Waals surface area contributed by atoms with Gasteiger partial charge in [-0.2, -0.15) is 0 Å². The van der Waals surface area contributed by atoms with Crippen molar-refractivity contribution in [1.82, 2.24) is 15.3 Å². The van der Waals surface area contributed by atoms with E-state index in [2.05, 4.69) is 15.3 Å². The van der Waals surface area contributed by atoms with Crippen molar-refractivity contribution in [2.45, 2.75) is 25.4 Å². The largest absolute Gasteiger partial charge is 0.381 e. The summed E-state index contributed by atoms with van der Waals surface area (Å²) in [6, 6.07) is 3.36. The number of amides is 1. The highest BCUT2D eigenvalue weighted by Crippen LogP contribution is 2.21. The standard InChI is InChI=1S/C16H20N4O2S/c17-15(12-3-7-22-8-4-12)16(21)19-9-14-20-13(10-23-14)11-1-5-18-6-2-11/h1-2,5-6,10,12,15H,3-4,7-9,17H2,(H,19,21). The summed E-state index contributed by atoms with van der Waals surface area (Å²) in [6.45, 7) is 1.78. The average Bonchev–Trinajstić information content (AvgIpc) is 3.09. The van der Waals surface area contributed by atoms with E-state index in [1.165, 1.54) is 11.3 Å². The van der Waals surface area contributed by atoms with Crippen molar-refractivity contribution in [2.24, 2.45) is 11.7 Å². The van der Waals surface area contributed by atoms with Gasteiger partial charge in [0, 0.05) is 36.6 Å². The number of hydrogen-bond acceptors (Lipinski definition) is 6. The Hall–Kier alpha value is -1.83. The normalized spacial score (nSPS) is 16.9. The van der Waals surface area contributed by atoms with E-state index in [0.717, 1.165) is 29.1 Å². The molecule has 0 spiro atoms. The minimum Gasteiger partial charge on any atom is -0.381 e. The lowest BCUT2D eigenvalue weighted by Crippen LogP contribution is -2.46. The molecule has 6 nitrogen and oxygen atoms in total. The Morgan fingerprint density at radius 2 is 2.13 bits per heavy atom. The molecular formula is C16H20N4O2S. The molecule has 3 N–H and O–H groups in total. The second-order valence-electron chi connectivity index (χ2n) is 5.56. The number of nitrogens with one attached hydrogen (secondary N) is 1. The Morgan fingerprint density at radius 3 is 2.87 bits per heavy atom. The van der Waals surface area contributed by atoms with Crippen LogP contribution in [0.15, 0.2) is 29.9 Å². The lowest BCUT2D eigenvalue weighted by Gasteiger charge is -2.26. The zero-order valence-electron chi connectivity index (χ0n) is 12.8. The quantitative estimate of drug-likeness (QED) is 0.867. The van der Waals surface area contributed by atoms with Crippen LogP contribution in [0.1, 0.15) is 17.8 Å². The van der Waals surface area contributed by atoms with Crippen LogP contribution < -0.4 is 11.1 Å². The van der Waals surface area contributed by atoms with Gasteiger partial charge in [-0.15, -0.1) is 11.3 Å². The molecular weight excluding hydrogens is 312 g/mol. The molecule has 1 atom stereocenters. The molecule has 1 unspecified atom stereocenters. The fourth-order valence-corrected chi connectivity index (χ4v) is 3.36. The Labute approximate surface area is 139 Å². The third-order valence-electron chi connectivity index (χ3n) is 4.02. The number of nitrogens with two attached hydrogens (primary N) is 1. The number of ether oxygens (including phenoxy) is 1. The van der Waals surface area contributed by atoms with E-state index in [0.29, 0.717) is 19.8 Å². The predicted octanol–water partition coefficient (Wildman–Crippen LogP) is 1.58. The molecule has 1 fully saturated rings. The third-order valence-corrected chi connectivity index (χ3v) is 4.87. The van der Waals surface area contributed by atoms with Crippen molar-refractivity contribution in [2.75, 3.05) is 13.2 Å². The van der Waals surface area contributed by atoms with Gasteiger partial charge < -0.3 is 15.8 Å². The van der Waals surface area contributed by atoms with Gasteiger partial charge in [0.25, 0.3) is 0 Å². The van der Waals surface area contributed by atoms with Gasteiger partial charge in [0.1, 0.15) is 5.01 Å². The molecule has 2 aromatic heterocycles. The highest BCUT2D eigenvalue weighted by atomic mass is 32.1. The van der Waals surface area contributed by atoms with E-state index in [1.54, 1.807) is 12.4 Å². The number of nitrogens with zero attached hydrogens (tertiary/aromatic N) is 2. The summed E-state index contributed by atoms with van der Waals surface area (Å²) >= 11 is 1.53. The highest BCUT2D eigenvalue weighted by molar-refractivity contribution is 7.09. The van der Waals surface area contributed by atoms with Crippen molar-refractivity contribution >= 4 is 17.2 Å². The second kappa shape index (κ2) is 7.63. The molecule has 3 heterocycles. The van der Waals surface area contributed by atoms with E-state index in [9.17, 15) is 4.79 Å². The number of carbonyl (C=O) groups excluding carboxylic acids is 1. The van der Waals surface area contributed by atoms with Crippen LogP contribution >= 0.6 is 11.3 Å². The van der Waals surface area contributed by atoms with Crippen LogP contribution in [0.4, 0.5) is 0 Å². The molecule has 0 saturated carbocycles. The van der Waals surface area contributed by atoms with E-state index in [4.69, 9.17) is 10.5 Å². The van der Waals surface area contributed by atoms with Crippen molar-refractivity contribution in [1.29, 1.82) is 0 Å². The molecule has 0 aromatic carbocycles. The number of thiazole rings is 1. The molecule has 0 aliphatic carbocycles. The Morgan fingerprint density at radius 1 is 1.39 bits per heavy atom. The molecule has 1 saturated heterocycles. The monoisotopic (exact) mass is 332 g/mol. The first-order valence-corrected chi connectivity index (χ1v) is 8.58. The van der Waals surface area contributed by atoms with Gasteiger partial charge in [-0.25, -0.2) is 4.98 Å². The van der Waals surface area contributed by atoms with Gasteiger partial charge in [-0.3, -0.25) is 9.78 Å². The molecule has 122 valence electrons. The van der Waals surface area contributed by atoms with E-state index in [1.807, 2.05) is 17.5 Å². The maximum atomic E-state index is 12.2. The lowest BCUT2D eigenvalue weighted by atomic mass is 9.92. The van der Waals surface area contributed by atoms with Gasteiger partial charge in [0.05, 0.1) is 18.3 Å². The molecule has 7 heteroatoms. The molecule has 1 amide bonds. The fraction of sp³-hybridized carbons (Fsp3) is 0.438. The molecule has 0 bridgehead atoms. The fourth-order valence-electron chi connectivity index (χ4n) is 2.62. The maximum Gasteiger partial charge on any atom is 0.237 e. The summed E-state index contributed by atoms with van der Waals surface area (Å²) in [4.78, 5) is 20.7. The maximum absolute atomic E-state index is 12.2. The summed E-state index contributed by atoms with van der Waals surface area (Å²) in [6.07, 6.45) is 5.17. The molecule has 23 heavy (non-hydrogen) atoms. The lowest BCUT2D eigenvalue weighted by molar-refractivity contribution is -0.124. The van der Waals surface area contributed by atoms with Crippen molar-refractivity contribution < 1.29 is 9.53 Å². The predicted molar refractivity (Wildman–Crippen MR) is 88.7 cm³/mol. The zero-order chi connectivity index (χ0) is 16.1. The molecule has 2 aromatic rings. The van der Waals surface area contributed by atoms with Crippen LogP contribution in [0.3, 0.4) is 0 Å². The van der Waals surface area contributed by atoms with Gasteiger partial charge in [0.15, 0.2) is 0 Å². The Kier molecular flexibility index (Phi) is 5.32. The van der Waals surface area contributed by atoms with E-state index >= 15 is 0 Å². The summed E-state index contributed by atoms with van der Waals surface area (Å²) in [5.74, 6) is 0.0879. The van der Waals surface area contributed by atoms with Crippen molar-refractivity contribution in [3.8, 4) is 11.3 Å². The minimum atomic E-state index is -0.474. The van der Waals surface area contributed by atoms with Gasteiger partial charge >= 0.3 is 0 Å². The zero-order valence-corrected chi connectivity index (χ0v) is 13.6. The number of carbonyl (C=O) groups is 1. The SMILES string of the molecule is NC(C(=O)NCc1nc(-c2ccncc2)cs1)C1CCOCC1. The van der Waals surface area contributed by atoms with Crippen LogP contribution in [0, 0.1) is 5.92 Å². The number of pyridine rings is 1. The first-order valence-electron chi connectivity index (χ1n) is 7.70. The minimum absolute atomic E-state index is 0.113. The summed E-state index contributed by atoms with van der Waals surface area (Å²) < 4.78 is 5.30. The first kappa shape index (κ1) is 16.0. The Bertz CT molecular complexity index is 641. The first-order chi connectivity index (χ1) is 11.2. The van der Waals surface area contributed by atoms with Crippen molar-refractivity contribution in [3.63, 3.8) is 0 Å². The summed E-state index contributed by atoms with van der Waals surface area (Å²) in [5, 5.41) is 5.74. The molecule has 0 radical (unpaired) electrons.